The topological polar surface area (TPSA) is 88.1 Å². The molecular weight excluding hydrogens is 403 g/mol. The second-order valence-electron chi connectivity index (χ2n) is 6.86. The predicted octanol–water partition coefficient (Wildman–Crippen LogP) is 2.03. The monoisotopic (exact) mass is 420 g/mol. The third-order valence-electron chi connectivity index (χ3n) is 4.88. The van der Waals surface area contributed by atoms with E-state index in [4.69, 9.17) is 21.1 Å². The number of ether oxygens (including phenoxy) is 2. The maximum atomic E-state index is 13.4. The third-order valence-corrected chi connectivity index (χ3v) is 5.10. The highest BCUT2D eigenvalue weighted by Gasteiger charge is 2.51. The van der Waals surface area contributed by atoms with Gasteiger partial charge in [0.2, 0.25) is 5.60 Å². The van der Waals surface area contributed by atoms with E-state index < -0.39 is 23.2 Å². The van der Waals surface area contributed by atoms with E-state index in [-0.39, 0.29) is 24.5 Å². The van der Waals surface area contributed by atoms with E-state index in [2.05, 4.69) is 5.32 Å². The van der Waals surface area contributed by atoms with Gasteiger partial charge in [0.25, 0.3) is 11.8 Å². The molecule has 2 aromatic carbocycles. The van der Waals surface area contributed by atoms with Crippen LogP contribution < -0.4 is 19.7 Å². The number of nitrogens with zero attached hydrogens (tertiary/aromatic N) is 1. The first-order valence-corrected chi connectivity index (χ1v) is 9.42. The number of rotatable bonds is 4. The summed E-state index contributed by atoms with van der Waals surface area (Å²) >= 11 is 5.80. The van der Waals surface area contributed by atoms with Gasteiger partial charge in [-0.3, -0.25) is 9.59 Å². The van der Waals surface area contributed by atoms with Crippen LogP contribution in [0.2, 0.25) is 5.02 Å². The molecule has 0 radical (unpaired) electrons. The molecule has 1 atom stereocenters. The average molecular weight is 421 g/mol. The Morgan fingerprint density at radius 1 is 1.21 bits per heavy atom. The molecule has 9 heteroatoms. The zero-order valence-electron chi connectivity index (χ0n) is 15.3. The normalized spacial score (nSPS) is 20.7. The molecule has 2 aliphatic rings. The summed E-state index contributed by atoms with van der Waals surface area (Å²) in [6.45, 7) is 0.941. The molecule has 2 heterocycles. The Morgan fingerprint density at radius 2 is 1.97 bits per heavy atom. The molecule has 0 aliphatic carbocycles. The van der Waals surface area contributed by atoms with Crippen LogP contribution in [-0.4, -0.2) is 42.3 Å². The Kier molecular flexibility index (Phi) is 5.06. The Balaban J connectivity index is 1.47. The SMILES string of the molecule is O=C(NCc1cc(F)cc(Cl)c1)[C@]1(O)CCN(c2ccc3c(c2)OCCO3)C1=O. The van der Waals surface area contributed by atoms with Crippen molar-refractivity contribution in [2.45, 2.75) is 18.6 Å². The van der Waals surface area contributed by atoms with Gasteiger partial charge in [-0.2, -0.15) is 0 Å². The molecule has 1 fully saturated rings. The molecule has 4 rings (SSSR count). The van der Waals surface area contributed by atoms with Gasteiger partial charge in [0.05, 0.1) is 0 Å². The van der Waals surface area contributed by atoms with E-state index in [1.807, 2.05) is 0 Å². The molecule has 2 aliphatic heterocycles. The highest BCUT2D eigenvalue weighted by Crippen LogP contribution is 2.36. The quantitative estimate of drug-likeness (QED) is 0.739. The molecule has 1 saturated heterocycles. The number of hydrogen-bond donors (Lipinski definition) is 2. The molecule has 7 nitrogen and oxygen atoms in total. The summed E-state index contributed by atoms with van der Waals surface area (Å²) in [5.41, 5.74) is -1.29. The molecule has 0 bridgehead atoms. The first kappa shape index (κ1) is 19.5. The van der Waals surface area contributed by atoms with Crippen LogP contribution >= 0.6 is 11.6 Å². The van der Waals surface area contributed by atoms with Crippen LogP contribution in [-0.2, 0) is 16.1 Å². The average Bonchev–Trinajstić information content (AvgIpc) is 3.01. The van der Waals surface area contributed by atoms with Crippen LogP contribution in [0.15, 0.2) is 36.4 Å². The van der Waals surface area contributed by atoms with Crippen LogP contribution in [0.1, 0.15) is 12.0 Å². The van der Waals surface area contributed by atoms with Crippen molar-refractivity contribution in [3.8, 4) is 11.5 Å². The summed E-state index contributed by atoms with van der Waals surface area (Å²) < 4.78 is 24.4. The molecule has 152 valence electrons. The summed E-state index contributed by atoms with van der Waals surface area (Å²) in [6.07, 6.45) is -0.0734. The van der Waals surface area contributed by atoms with Crippen LogP contribution in [0.25, 0.3) is 0 Å². The van der Waals surface area contributed by atoms with Gasteiger partial charge >= 0.3 is 0 Å². The summed E-state index contributed by atoms with van der Waals surface area (Å²) in [7, 11) is 0. The lowest BCUT2D eigenvalue weighted by molar-refractivity contribution is -0.149. The number of carbonyl (C=O) groups excluding carboxylic acids is 2. The number of fused-ring (bicyclic) bond motifs is 1. The van der Waals surface area contributed by atoms with Crippen molar-refractivity contribution >= 4 is 29.1 Å². The van der Waals surface area contributed by atoms with Crippen LogP contribution in [0.3, 0.4) is 0 Å². The minimum absolute atomic E-state index is 0.0734. The largest absolute Gasteiger partial charge is 0.486 e. The van der Waals surface area contributed by atoms with Crippen molar-refractivity contribution in [3.63, 3.8) is 0 Å². The maximum absolute atomic E-state index is 13.4. The third kappa shape index (κ3) is 3.73. The number of amides is 2. The number of nitrogens with one attached hydrogen (secondary N) is 1. The molecule has 0 saturated carbocycles. The van der Waals surface area contributed by atoms with Gasteiger partial charge in [-0.15, -0.1) is 0 Å². The van der Waals surface area contributed by atoms with Crippen molar-refractivity contribution in [1.82, 2.24) is 5.32 Å². The Morgan fingerprint density at radius 3 is 2.72 bits per heavy atom. The number of aliphatic hydroxyl groups is 1. The van der Waals surface area contributed by atoms with Crippen LogP contribution in [0.4, 0.5) is 10.1 Å². The van der Waals surface area contributed by atoms with Gasteiger partial charge < -0.3 is 24.8 Å². The summed E-state index contributed by atoms with van der Waals surface area (Å²) in [4.78, 5) is 26.7. The number of carbonyl (C=O) groups is 2. The van der Waals surface area contributed by atoms with Gasteiger partial charge in [0.15, 0.2) is 11.5 Å². The van der Waals surface area contributed by atoms with Crippen LogP contribution in [0.5, 0.6) is 11.5 Å². The Hall–Kier alpha value is -2.84. The molecule has 2 amide bonds. The molecule has 29 heavy (non-hydrogen) atoms. The highest BCUT2D eigenvalue weighted by molar-refractivity contribution is 6.30. The zero-order valence-corrected chi connectivity index (χ0v) is 16.0. The van der Waals surface area contributed by atoms with Crippen molar-refractivity contribution in [2.24, 2.45) is 0 Å². The van der Waals surface area contributed by atoms with E-state index in [1.54, 1.807) is 18.2 Å². The van der Waals surface area contributed by atoms with Crippen LogP contribution in [0, 0.1) is 5.82 Å². The van der Waals surface area contributed by atoms with Gasteiger partial charge in [-0.25, -0.2) is 4.39 Å². The highest BCUT2D eigenvalue weighted by atomic mass is 35.5. The smallest absolute Gasteiger partial charge is 0.268 e. The van der Waals surface area contributed by atoms with Gasteiger partial charge in [0, 0.05) is 36.3 Å². The molecule has 2 aromatic rings. The van der Waals surface area contributed by atoms with Gasteiger partial charge in [0.1, 0.15) is 19.0 Å². The maximum Gasteiger partial charge on any atom is 0.268 e. The molecule has 0 spiro atoms. The van der Waals surface area contributed by atoms with Crippen molar-refractivity contribution in [1.29, 1.82) is 0 Å². The second kappa shape index (κ2) is 7.53. The lowest BCUT2D eigenvalue weighted by Gasteiger charge is -2.24. The van der Waals surface area contributed by atoms with E-state index in [9.17, 15) is 19.1 Å². The minimum atomic E-state index is -2.20. The van der Waals surface area contributed by atoms with Gasteiger partial charge in [-0.1, -0.05) is 11.6 Å². The molecule has 0 aromatic heterocycles. The van der Waals surface area contributed by atoms with E-state index in [0.717, 1.165) is 6.07 Å². The zero-order chi connectivity index (χ0) is 20.6. The first-order valence-electron chi connectivity index (χ1n) is 9.04. The fourth-order valence-corrected chi connectivity index (χ4v) is 3.65. The molecule has 0 unspecified atom stereocenters. The minimum Gasteiger partial charge on any atom is -0.486 e. The van der Waals surface area contributed by atoms with Crippen molar-refractivity contribution < 1.29 is 28.6 Å². The van der Waals surface area contributed by atoms with Crippen molar-refractivity contribution in [3.05, 3.63) is 52.8 Å². The second-order valence-corrected chi connectivity index (χ2v) is 7.29. The summed E-state index contributed by atoms with van der Waals surface area (Å²) in [5, 5.41) is 13.4. The first-order chi connectivity index (χ1) is 13.9. The van der Waals surface area contributed by atoms with Crippen molar-refractivity contribution in [2.75, 3.05) is 24.7 Å². The predicted molar refractivity (Wildman–Crippen MR) is 103 cm³/mol. The summed E-state index contributed by atoms with van der Waals surface area (Å²) in [5.74, 6) is -1.04. The number of halogens is 2. The van der Waals surface area contributed by atoms with E-state index >= 15 is 0 Å². The fourth-order valence-electron chi connectivity index (χ4n) is 3.40. The standard InChI is InChI=1S/C20H18ClFN2O5/c21-13-7-12(8-14(22)9-13)11-23-18(25)20(27)3-4-24(19(20)26)15-1-2-16-17(10-15)29-6-5-28-16/h1-2,7-10,27H,3-6,11H2,(H,23,25)/t20-/m1/s1. The van der Waals surface area contributed by atoms with E-state index in [0.29, 0.717) is 36.0 Å². The molecule has 2 N–H and O–H groups in total. The Labute approximate surface area is 171 Å². The lowest BCUT2D eigenvalue weighted by Crippen LogP contribution is -2.52. The number of hydrogen-bond acceptors (Lipinski definition) is 5. The van der Waals surface area contributed by atoms with E-state index in [1.165, 1.54) is 17.0 Å². The lowest BCUT2D eigenvalue weighted by atomic mass is 10.0. The summed E-state index contributed by atoms with van der Waals surface area (Å²) in [6, 6.07) is 8.85. The molecular formula is C20H18ClFN2O5. The number of anilines is 1. The van der Waals surface area contributed by atoms with Gasteiger partial charge in [-0.05, 0) is 35.9 Å². The Bertz CT molecular complexity index is 965. The number of benzene rings is 2. The fraction of sp³-hybridized carbons (Fsp3) is 0.300.